The molecule has 0 unspecified atom stereocenters. The minimum absolute atomic E-state index is 0.0294. The number of benzene rings is 1. The molecule has 0 atom stereocenters. The van der Waals surface area contributed by atoms with Crippen LogP contribution in [-0.2, 0) is 6.54 Å². The van der Waals surface area contributed by atoms with E-state index in [-0.39, 0.29) is 11.9 Å². The van der Waals surface area contributed by atoms with Gasteiger partial charge in [0.05, 0.1) is 17.8 Å². The predicted molar refractivity (Wildman–Crippen MR) is 127 cm³/mol. The van der Waals surface area contributed by atoms with Crippen molar-refractivity contribution in [3.05, 3.63) is 53.2 Å². The lowest BCUT2D eigenvalue weighted by Crippen LogP contribution is -2.41. The Morgan fingerprint density at radius 3 is 2.58 bits per heavy atom. The highest BCUT2D eigenvalue weighted by molar-refractivity contribution is 7.13. The number of nitrogens with zero attached hydrogens (tertiary/aromatic N) is 4. The van der Waals surface area contributed by atoms with Crippen LogP contribution < -0.4 is 4.90 Å². The first-order valence-corrected chi connectivity index (χ1v) is 12.5. The number of fused-ring (bicyclic) bond motifs is 1. The predicted octanol–water partition coefficient (Wildman–Crippen LogP) is 5.66. The van der Waals surface area contributed by atoms with Gasteiger partial charge in [-0.2, -0.15) is 0 Å². The summed E-state index contributed by atoms with van der Waals surface area (Å²) in [6.07, 6.45) is 8.31. The van der Waals surface area contributed by atoms with Gasteiger partial charge in [0.25, 0.3) is 5.91 Å². The molecule has 0 bridgehead atoms. The number of carbonyl (C=O) groups excluding carboxylic acids is 1. The standard InChI is InChI=1S/C25H30N4OS/c1-2-28(21-13-14-21)25-26-19(17-31-25)16-29(20-9-4-3-5-10-20)24(30)23-15-12-18-8-6-7-11-22(18)27-23/h6-8,11-12,15,17,20-21H,2-5,9-10,13-14,16H2,1H3. The number of hydrogen-bond donors (Lipinski definition) is 0. The van der Waals surface area contributed by atoms with Gasteiger partial charge in [-0.3, -0.25) is 4.79 Å². The SMILES string of the molecule is CCN(c1nc(CN(C(=O)c2ccc3ccccc3n2)C2CCCCC2)cs1)C1CC1. The molecule has 0 spiro atoms. The largest absolute Gasteiger partial charge is 0.345 e. The monoisotopic (exact) mass is 434 g/mol. The second-order valence-corrected chi connectivity index (χ2v) is 9.59. The van der Waals surface area contributed by atoms with Gasteiger partial charge in [0, 0.05) is 29.4 Å². The van der Waals surface area contributed by atoms with E-state index in [0.717, 1.165) is 41.1 Å². The summed E-state index contributed by atoms with van der Waals surface area (Å²) in [5.41, 5.74) is 2.41. The van der Waals surface area contributed by atoms with Crippen molar-refractivity contribution in [3.8, 4) is 0 Å². The summed E-state index contributed by atoms with van der Waals surface area (Å²) in [4.78, 5) is 27.7. The summed E-state index contributed by atoms with van der Waals surface area (Å²) in [5.74, 6) is 0.0294. The Kier molecular flexibility index (Phi) is 5.90. The Morgan fingerprint density at radius 2 is 1.81 bits per heavy atom. The van der Waals surface area contributed by atoms with Gasteiger partial charge < -0.3 is 9.80 Å². The average molecular weight is 435 g/mol. The number of para-hydroxylation sites is 1. The van der Waals surface area contributed by atoms with E-state index in [4.69, 9.17) is 9.97 Å². The molecular weight excluding hydrogens is 404 g/mol. The third kappa shape index (κ3) is 4.45. The van der Waals surface area contributed by atoms with E-state index in [9.17, 15) is 4.79 Å². The molecule has 3 aromatic rings. The first-order chi connectivity index (χ1) is 15.2. The number of hydrogen-bond acceptors (Lipinski definition) is 5. The molecule has 1 aromatic carbocycles. The van der Waals surface area contributed by atoms with Crippen LogP contribution in [0.2, 0.25) is 0 Å². The van der Waals surface area contributed by atoms with E-state index in [1.54, 1.807) is 11.3 Å². The maximum atomic E-state index is 13.6. The van der Waals surface area contributed by atoms with Crippen LogP contribution in [0.5, 0.6) is 0 Å². The van der Waals surface area contributed by atoms with Gasteiger partial charge in [-0.1, -0.05) is 43.5 Å². The molecule has 1 amide bonds. The number of amides is 1. The molecular formula is C25H30N4OS. The van der Waals surface area contributed by atoms with Gasteiger partial charge >= 0.3 is 0 Å². The van der Waals surface area contributed by atoms with Crippen LogP contribution in [0.25, 0.3) is 10.9 Å². The van der Waals surface area contributed by atoms with Crippen molar-refractivity contribution < 1.29 is 4.79 Å². The molecule has 5 rings (SSSR count). The molecule has 2 aromatic heterocycles. The van der Waals surface area contributed by atoms with Crippen LogP contribution in [0.1, 0.15) is 68.1 Å². The van der Waals surface area contributed by atoms with Crippen LogP contribution in [0, 0.1) is 0 Å². The summed E-state index contributed by atoms with van der Waals surface area (Å²) in [6, 6.07) is 12.8. The quantitative estimate of drug-likeness (QED) is 0.482. The smallest absolute Gasteiger partial charge is 0.273 e. The van der Waals surface area contributed by atoms with Crippen molar-refractivity contribution in [1.82, 2.24) is 14.9 Å². The number of aromatic nitrogens is 2. The lowest BCUT2D eigenvalue weighted by Gasteiger charge is -2.34. The summed E-state index contributed by atoms with van der Waals surface area (Å²) >= 11 is 1.71. The van der Waals surface area contributed by atoms with Gasteiger partial charge in [-0.25, -0.2) is 9.97 Å². The molecule has 2 aliphatic carbocycles. The van der Waals surface area contributed by atoms with E-state index in [2.05, 4.69) is 17.2 Å². The molecule has 31 heavy (non-hydrogen) atoms. The molecule has 5 nitrogen and oxygen atoms in total. The Morgan fingerprint density at radius 1 is 1.00 bits per heavy atom. The van der Waals surface area contributed by atoms with E-state index in [1.807, 2.05) is 41.3 Å². The highest BCUT2D eigenvalue weighted by atomic mass is 32.1. The second kappa shape index (κ2) is 8.95. The third-order valence-electron chi connectivity index (χ3n) is 6.54. The van der Waals surface area contributed by atoms with Gasteiger partial charge in [0.15, 0.2) is 5.13 Å². The highest BCUT2D eigenvalue weighted by Gasteiger charge is 2.31. The molecule has 2 saturated carbocycles. The lowest BCUT2D eigenvalue weighted by molar-refractivity contribution is 0.0606. The molecule has 0 aliphatic heterocycles. The molecule has 6 heteroatoms. The van der Waals surface area contributed by atoms with Crippen LogP contribution in [-0.4, -0.2) is 39.4 Å². The van der Waals surface area contributed by atoms with Crippen molar-refractivity contribution >= 4 is 33.3 Å². The zero-order valence-electron chi connectivity index (χ0n) is 18.2. The minimum atomic E-state index is 0.0294. The van der Waals surface area contributed by atoms with Crippen molar-refractivity contribution in [1.29, 1.82) is 0 Å². The Balaban J connectivity index is 1.41. The highest BCUT2D eigenvalue weighted by Crippen LogP contribution is 2.34. The number of pyridine rings is 1. The Bertz CT molecular complexity index is 1050. The number of carbonyl (C=O) groups is 1. The minimum Gasteiger partial charge on any atom is -0.345 e. The fourth-order valence-electron chi connectivity index (χ4n) is 4.70. The van der Waals surface area contributed by atoms with Crippen LogP contribution in [0.3, 0.4) is 0 Å². The van der Waals surface area contributed by atoms with Crippen LogP contribution in [0.15, 0.2) is 41.8 Å². The zero-order valence-corrected chi connectivity index (χ0v) is 19.0. The average Bonchev–Trinajstić information content (AvgIpc) is 3.55. The first kappa shape index (κ1) is 20.4. The first-order valence-electron chi connectivity index (χ1n) is 11.6. The number of anilines is 1. The fourth-order valence-corrected chi connectivity index (χ4v) is 5.66. The number of rotatable bonds is 7. The van der Waals surface area contributed by atoms with Crippen LogP contribution >= 0.6 is 11.3 Å². The molecule has 0 saturated heterocycles. The van der Waals surface area contributed by atoms with E-state index < -0.39 is 0 Å². The van der Waals surface area contributed by atoms with E-state index in [0.29, 0.717) is 18.3 Å². The fraction of sp³-hybridized carbons (Fsp3) is 0.480. The zero-order chi connectivity index (χ0) is 21.2. The summed E-state index contributed by atoms with van der Waals surface area (Å²) in [5, 5.41) is 4.30. The molecule has 0 radical (unpaired) electrons. The van der Waals surface area contributed by atoms with Crippen molar-refractivity contribution in [2.45, 2.75) is 70.5 Å². The summed E-state index contributed by atoms with van der Waals surface area (Å²) in [7, 11) is 0. The number of thiazole rings is 1. The van der Waals surface area contributed by atoms with Gasteiger partial charge in [0.1, 0.15) is 5.69 Å². The van der Waals surface area contributed by atoms with Crippen molar-refractivity contribution in [3.63, 3.8) is 0 Å². The second-order valence-electron chi connectivity index (χ2n) is 8.75. The van der Waals surface area contributed by atoms with E-state index in [1.165, 1.54) is 32.1 Å². The maximum absolute atomic E-state index is 13.6. The van der Waals surface area contributed by atoms with Gasteiger partial charge in [-0.15, -0.1) is 11.3 Å². The van der Waals surface area contributed by atoms with Crippen LogP contribution in [0.4, 0.5) is 5.13 Å². The lowest BCUT2D eigenvalue weighted by atomic mass is 9.93. The Hall–Kier alpha value is -2.47. The van der Waals surface area contributed by atoms with Gasteiger partial charge in [-0.05, 0) is 44.7 Å². The molecule has 2 aliphatic rings. The normalized spacial score (nSPS) is 17.1. The molecule has 2 fully saturated rings. The van der Waals surface area contributed by atoms with Crippen molar-refractivity contribution in [2.24, 2.45) is 0 Å². The molecule has 2 heterocycles. The third-order valence-corrected chi connectivity index (χ3v) is 7.47. The summed E-state index contributed by atoms with van der Waals surface area (Å²) in [6.45, 7) is 3.75. The van der Waals surface area contributed by atoms with Gasteiger partial charge in [0.2, 0.25) is 0 Å². The Labute approximate surface area is 188 Å². The molecule has 162 valence electrons. The maximum Gasteiger partial charge on any atom is 0.273 e. The topological polar surface area (TPSA) is 49.3 Å². The van der Waals surface area contributed by atoms with Crippen molar-refractivity contribution in [2.75, 3.05) is 11.4 Å². The van der Waals surface area contributed by atoms with E-state index >= 15 is 0 Å². The molecule has 0 N–H and O–H groups in total. The summed E-state index contributed by atoms with van der Waals surface area (Å²) < 4.78 is 0.